The standard InChI is InChI=1S/C9H20N3OS.C2HF3O2/c10-4-2-1-3-8(11)9(13)14-6-5-12-7-14;3-2(4,5)1(6)7/h8,12H,1-7,10-11H2;(H,6,7)/q+1;/p-1/t8-,14?;/m0./s1. The number of aliphatic carboxylic acids is 1. The van der Waals surface area contributed by atoms with E-state index in [1.165, 1.54) is 0 Å². The SMILES string of the molecule is NCCCC[C@H](N)C(=O)[S+]1CCNC1.O=C([O-])C(F)(F)F. The summed E-state index contributed by atoms with van der Waals surface area (Å²) in [5, 5.41) is 12.2. The Labute approximate surface area is 123 Å². The van der Waals surface area contributed by atoms with Crippen LogP contribution in [-0.2, 0) is 20.5 Å². The van der Waals surface area contributed by atoms with Crippen LogP contribution in [0.15, 0.2) is 0 Å². The van der Waals surface area contributed by atoms with E-state index in [9.17, 15) is 18.0 Å². The molecule has 0 radical (unpaired) electrons. The maximum Gasteiger partial charge on any atom is 0.430 e. The van der Waals surface area contributed by atoms with E-state index in [1.807, 2.05) is 0 Å². The van der Waals surface area contributed by atoms with Crippen molar-refractivity contribution in [3.05, 3.63) is 0 Å². The van der Waals surface area contributed by atoms with E-state index < -0.39 is 12.1 Å². The molecule has 0 amide bonds. The van der Waals surface area contributed by atoms with Crippen molar-refractivity contribution in [2.45, 2.75) is 31.5 Å². The molecule has 0 bridgehead atoms. The van der Waals surface area contributed by atoms with Crippen molar-refractivity contribution < 1.29 is 27.9 Å². The monoisotopic (exact) mass is 331 g/mol. The molecular weight excluding hydrogens is 311 g/mol. The fraction of sp³-hybridized carbons (Fsp3) is 0.818. The molecule has 0 aromatic heterocycles. The lowest BCUT2D eigenvalue weighted by Gasteiger charge is -2.07. The summed E-state index contributed by atoms with van der Waals surface area (Å²) >= 11 is 0. The first-order valence-electron chi connectivity index (χ1n) is 6.36. The fourth-order valence-electron chi connectivity index (χ4n) is 1.48. The second kappa shape index (κ2) is 9.98. The molecule has 0 saturated carbocycles. The van der Waals surface area contributed by atoms with Crippen LogP contribution >= 0.6 is 0 Å². The minimum Gasteiger partial charge on any atom is -0.542 e. The maximum atomic E-state index is 11.8. The van der Waals surface area contributed by atoms with Crippen LogP contribution in [-0.4, -0.2) is 48.0 Å². The number of halogens is 3. The first-order valence-corrected chi connectivity index (χ1v) is 7.92. The molecule has 0 aromatic carbocycles. The molecule has 1 rings (SSSR count). The number of carbonyl (C=O) groups is 2. The molecule has 1 aliphatic rings. The van der Waals surface area contributed by atoms with E-state index in [1.54, 1.807) is 0 Å². The number of alkyl halides is 3. The molecule has 124 valence electrons. The number of carbonyl (C=O) groups excluding carboxylic acids is 2. The normalized spacial score (nSPS) is 19.6. The number of hydrogen-bond donors (Lipinski definition) is 3. The predicted octanol–water partition coefficient (Wildman–Crippen LogP) is -1.55. The molecule has 10 heteroatoms. The number of hydrogen-bond acceptors (Lipinski definition) is 6. The summed E-state index contributed by atoms with van der Waals surface area (Å²) in [6.07, 6.45) is -2.47. The van der Waals surface area contributed by atoms with Gasteiger partial charge in [-0.3, -0.25) is 5.32 Å². The van der Waals surface area contributed by atoms with Crippen LogP contribution in [0.5, 0.6) is 0 Å². The minimum atomic E-state index is -5.19. The molecule has 1 fully saturated rings. The zero-order valence-corrected chi connectivity index (χ0v) is 12.3. The van der Waals surface area contributed by atoms with Gasteiger partial charge in [0.2, 0.25) is 0 Å². The second-order valence-corrected chi connectivity index (χ2v) is 6.42. The van der Waals surface area contributed by atoms with Gasteiger partial charge in [0.1, 0.15) is 17.8 Å². The molecular formula is C11H20F3N3O3S. The lowest BCUT2D eigenvalue weighted by atomic mass is 10.1. The smallest absolute Gasteiger partial charge is 0.430 e. The van der Waals surface area contributed by atoms with E-state index in [4.69, 9.17) is 21.4 Å². The molecule has 1 heterocycles. The Morgan fingerprint density at radius 2 is 1.90 bits per heavy atom. The summed E-state index contributed by atoms with van der Waals surface area (Å²) < 4.78 is 31.5. The largest absolute Gasteiger partial charge is 0.542 e. The van der Waals surface area contributed by atoms with Gasteiger partial charge in [0, 0.05) is 6.54 Å². The first kappa shape index (κ1) is 20.2. The molecule has 2 atom stereocenters. The average Bonchev–Trinajstić information content (AvgIpc) is 2.91. The van der Waals surface area contributed by atoms with Gasteiger partial charge in [-0.25, -0.2) is 4.79 Å². The van der Waals surface area contributed by atoms with Crippen LogP contribution in [0.2, 0.25) is 0 Å². The Kier molecular flexibility index (Phi) is 9.58. The number of carboxylic acids is 1. The van der Waals surface area contributed by atoms with Gasteiger partial charge in [-0.1, -0.05) is 0 Å². The topological polar surface area (TPSA) is 121 Å². The third-order valence-electron chi connectivity index (χ3n) is 2.59. The average molecular weight is 331 g/mol. The highest BCUT2D eigenvalue weighted by atomic mass is 32.2. The van der Waals surface area contributed by atoms with E-state index >= 15 is 0 Å². The van der Waals surface area contributed by atoms with E-state index in [0.29, 0.717) is 6.54 Å². The number of rotatable bonds is 5. The summed E-state index contributed by atoms with van der Waals surface area (Å²) in [4.78, 5) is 20.5. The number of nitrogens with two attached hydrogens (primary N) is 2. The number of carboxylic acid groups (broad SMARTS) is 1. The molecule has 21 heavy (non-hydrogen) atoms. The number of unbranched alkanes of at least 4 members (excludes halogenated alkanes) is 1. The number of nitrogens with one attached hydrogen (secondary N) is 1. The Morgan fingerprint density at radius 1 is 1.33 bits per heavy atom. The van der Waals surface area contributed by atoms with Crippen molar-refractivity contribution in [1.29, 1.82) is 0 Å². The van der Waals surface area contributed by atoms with Crippen molar-refractivity contribution in [3.8, 4) is 0 Å². The zero-order chi connectivity index (χ0) is 16.5. The van der Waals surface area contributed by atoms with Crippen LogP contribution in [0.4, 0.5) is 13.2 Å². The van der Waals surface area contributed by atoms with Crippen molar-refractivity contribution in [1.82, 2.24) is 5.32 Å². The fourth-order valence-corrected chi connectivity index (χ4v) is 3.29. The van der Waals surface area contributed by atoms with Gasteiger partial charge in [-0.15, -0.1) is 0 Å². The second-order valence-electron chi connectivity index (χ2n) is 4.34. The molecule has 0 aliphatic carbocycles. The summed E-state index contributed by atoms with van der Waals surface area (Å²) in [5.41, 5.74) is 11.2. The lowest BCUT2D eigenvalue weighted by molar-refractivity contribution is -0.344. The summed E-state index contributed by atoms with van der Waals surface area (Å²) in [5.74, 6) is -1.19. The van der Waals surface area contributed by atoms with E-state index in [-0.39, 0.29) is 22.1 Å². The van der Waals surface area contributed by atoms with Gasteiger partial charge in [0.15, 0.2) is 5.88 Å². The molecule has 0 aromatic rings. The van der Waals surface area contributed by atoms with E-state index in [2.05, 4.69) is 5.32 Å². The van der Waals surface area contributed by atoms with Crippen molar-refractivity contribution >= 4 is 22.0 Å². The highest BCUT2D eigenvalue weighted by Crippen LogP contribution is 2.11. The van der Waals surface area contributed by atoms with Crippen molar-refractivity contribution in [2.75, 3.05) is 24.7 Å². The van der Waals surface area contributed by atoms with Crippen LogP contribution in [0.1, 0.15) is 19.3 Å². The van der Waals surface area contributed by atoms with Gasteiger partial charge in [0.25, 0.3) is 0 Å². The van der Waals surface area contributed by atoms with Gasteiger partial charge in [-0.05, 0) is 25.8 Å². The van der Waals surface area contributed by atoms with Gasteiger partial charge in [0.05, 0.1) is 10.9 Å². The summed E-state index contributed by atoms with van der Waals surface area (Å²) in [6.45, 7) is 1.65. The minimum absolute atomic E-state index is 0.114. The van der Waals surface area contributed by atoms with Gasteiger partial charge < -0.3 is 21.4 Å². The Hall–Kier alpha value is -0.840. The van der Waals surface area contributed by atoms with Crippen LogP contribution < -0.4 is 21.9 Å². The highest BCUT2D eigenvalue weighted by molar-refractivity contribution is 8.11. The third kappa shape index (κ3) is 8.91. The molecule has 0 spiro atoms. The molecule has 5 N–H and O–H groups in total. The Balaban J connectivity index is 0.000000486. The van der Waals surface area contributed by atoms with E-state index in [0.717, 1.165) is 37.4 Å². The Morgan fingerprint density at radius 3 is 2.29 bits per heavy atom. The van der Waals surface area contributed by atoms with Crippen molar-refractivity contribution in [3.63, 3.8) is 0 Å². The van der Waals surface area contributed by atoms with Crippen LogP contribution in [0, 0.1) is 0 Å². The maximum absolute atomic E-state index is 11.8. The highest BCUT2D eigenvalue weighted by Gasteiger charge is 2.36. The third-order valence-corrected chi connectivity index (χ3v) is 4.71. The Bertz CT molecular complexity index is 336. The van der Waals surface area contributed by atoms with Crippen LogP contribution in [0.3, 0.4) is 0 Å². The summed E-state index contributed by atoms with van der Waals surface area (Å²) in [6, 6.07) is -0.259. The molecule has 1 unspecified atom stereocenters. The van der Waals surface area contributed by atoms with Gasteiger partial charge >= 0.3 is 11.3 Å². The predicted molar refractivity (Wildman–Crippen MR) is 72.1 cm³/mol. The van der Waals surface area contributed by atoms with Crippen molar-refractivity contribution in [2.24, 2.45) is 11.5 Å². The summed E-state index contributed by atoms with van der Waals surface area (Å²) in [7, 11) is -0.114. The molecule has 1 aliphatic heterocycles. The molecule has 1 saturated heterocycles. The zero-order valence-electron chi connectivity index (χ0n) is 11.4. The van der Waals surface area contributed by atoms with Crippen LogP contribution in [0.25, 0.3) is 0 Å². The van der Waals surface area contributed by atoms with Gasteiger partial charge in [-0.2, -0.15) is 13.2 Å². The quantitative estimate of drug-likeness (QED) is 0.414. The lowest BCUT2D eigenvalue weighted by Crippen LogP contribution is -2.37. The molecule has 6 nitrogen and oxygen atoms in total. The first-order chi connectivity index (χ1) is 9.70.